The van der Waals surface area contributed by atoms with Gasteiger partial charge in [0.25, 0.3) is 5.91 Å². The lowest BCUT2D eigenvalue weighted by molar-refractivity contribution is -0.143. The van der Waals surface area contributed by atoms with Crippen molar-refractivity contribution in [3.05, 3.63) is 53.1 Å². The Morgan fingerprint density at radius 1 is 1.28 bits per heavy atom. The SMILES string of the molecule is COc1ccc(Cc2ncc3c(n2)CN(C(=O)[C@@H](O)C(C)C)C3)cc1. The molecule has 2 heterocycles. The number of aliphatic hydroxyl groups excluding tert-OH is 1. The van der Waals surface area contributed by atoms with Gasteiger partial charge in [-0.15, -0.1) is 0 Å². The molecular weight excluding hydrogens is 318 g/mol. The molecule has 1 N–H and O–H groups in total. The Kier molecular flexibility index (Phi) is 4.99. The summed E-state index contributed by atoms with van der Waals surface area (Å²) in [6, 6.07) is 7.81. The smallest absolute Gasteiger partial charge is 0.252 e. The van der Waals surface area contributed by atoms with Gasteiger partial charge in [-0.2, -0.15) is 0 Å². The fourth-order valence-electron chi connectivity index (χ4n) is 2.83. The van der Waals surface area contributed by atoms with Crippen LogP contribution in [0.15, 0.2) is 30.5 Å². The number of methoxy groups -OCH3 is 1. The zero-order valence-corrected chi connectivity index (χ0v) is 14.8. The first-order valence-electron chi connectivity index (χ1n) is 8.41. The molecule has 3 rings (SSSR count). The van der Waals surface area contributed by atoms with E-state index in [1.165, 1.54) is 0 Å². The Hall–Kier alpha value is -2.47. The van der Waals surface area contributed by atoms with E-state index in [2.05, 4.69) is 9.97 Å². The van der Waals surface area contributed by atoms with Gasteiger partial charge in [0.05, 0.1) is 19.3 Å². The lowest BCUT2D eigenvalue weighted by Gasteiger charge is -2.21. The monoisotopic (exact) mass is 341 g/mol. The number of carbonyl (C=O) groups is 1. The van der Waals surface area contributed by atoms with Crippen molar-refractivity contribution < 1.29 is 14.6 Å². The third-order valence-corrected chi connectivity index (χ3v) is 4.42. The van der Waals surface area contributed by atoms with E-state index in [0.717, 1.165) is 28.4 Å². The third-order valence-electron chi connectivity index (χ3n) is 4.42. The van der Waals surface area contributed by atoms with E-state index < -0.39 is 6.10 Å². The molecule has 2 aromatic rings. The van der Waals surface area contributed by atoms with Crippen molar-refractivity contribution in [2.75, 3.05) is 7.11 Å². The zero-order valence-electron chi connectivity index (χ0n) is 14.8. The fourth-order valence-corrected chi connectivity index (χ4v) is 2.83. The molecule has 0 bridgehead atoms. The Balaban J connectivity index is 1.70. The van der Waals surface area contributed by atoms with E-state index in [9.17, 15) is 9.90 Å². The van der Waals surface area contributed by atoms with E-state index >= 15 is 0 Å². The Bertz CT molecular complexity index is 759. The second kappa shape index (κ2) is 7.19. The van der Waals surface area contributed by atoms with Gasteiger partial charge in [-0.1, -0.05) is 26.0 Å². The Morgan fingerprint density at radius 2 is 2.00 bits per heavy atom. The normalized spacial score (nSPS) is 14.5. The van der Waals surface area contributed by atoms with Crippen molar-refractivity contribution in [2.24, 2.45) is 5.92 Å². The van der Waals surface area contributed by atoms with Crippen LogP contribution in [-0.2, 0) is 24.3 Å². The number of carbonyl (C=O) groups excluding carboxylic acids is 1. The van der Waals surface area contributed by atoms with Crippen LogP contribution in [0.2, 0.25) is 0 Å². The quantitative estimate of drug-likeness (QED) is 0.899. The van der Waals surface area contributed by atoms with Gasteiger partial charge < -0.3 is 14.7 Å². The molecule has 0 saturated carbocycles. The molecule has 0 unspecified atom stereocenters. The highest BCUT2D eigenvalue weighted by molar-refractivity contribution is 5.81. The van der Waals surface area contributed by atoms with Gasteiger partial charge >= 0.3 is 0 Å². The first-order valence-corrected chi connectivity index (χ1v) is 8.41. The first kappa shape index (κ1) is 17.4. The summed E-state index contributed by atoms with van der Waals surface area (Å²) in [6.45, 7) is 4.55. The topological polar surface area (TPSA) is 75.6 Å². The summed E-state index contributed by atoms with van der Waals surface area (Å²) in [6.07, 6.45) is 1.44. The predicted molar refractivity (Wildman–Crippen MR) is 92.9 cm³/mol. The number of ether oxygens (including phenoxy) is 1. The van der Waals surface area contributed by atoms with Gasteiger partial charge in [0.1, 0.15) is 17.7 Å². The lowest BCUT2D eigenvalue weighted by atomic mass is 10.1. The third kappa shape index (κ3) is 3.79. The standard InChI is InChI=1S/C19H23N3O3/c1-12(2)18(23)19(24)22-10-14-9-20-17(21-16(14)11-22)8-13-4-6-15(25-3)7-5-13/h4-7,9,12,18,23H,8,10-11H2,1-3H3/t18-/m0/s1. The van der Waals surface area contributed by atoms with E-state index in [-0.39, 0.29) is 11.8 Å². The molecule has 0 radical (unpaired) electrons. The maximum Gasteiger partial charge on any atom is 0.252 e. The summed E-state index contributed by atoms with van der Waals surface area (Å²) in [5, 5.41) is 9.99. The second-order valence-electron chi connectivity index (χ2n) is 6.67. The van der Waals surface area contributed by atoms with Crippen LogP contribution in [0.4, 0.5) is 0 Å². The minimum absolute atomic E-state index is 0.104. The van der Waals surface area contributed by atoms with Crippen molar-refractivity contribution in [1.82, 2.24) is 14.9 Å². The fraction of sp³-hybridized carbons (Fsp3) is 0.421. The Morgan fingerprint density at radius 3 is 2.64 bits per heavy atom. The highest BCUT2D eigenvalue weighted by atomic mass is 16.5. The van der Waals surface area contributed by atoms with Crippen LogP contribution in [0.25, 0.3) is 0 Å². The number of fused-ring (bicyclic) bond motifs is 1. The largest absolute Gasteiger partial charge is 0.497 e. The predicted octanol–water partition coefficient (Wildman–Crippen LogP) is 1.94. The van der Waals surface area contributed by atoms with Gasteiger partial charge in [0.2, 0.25) is 0 Å². The van der Waals surface area contributed by atoms with Crippen molar-refractivity contribution >= 4 is 5.91 Å². The minimum Gasteiger partial charge on any atom is -0.497 e. The summed E-state index contributed by atoms with van der Waals surface area (Å²) in [5.41, 5.74) is 2.91. The molecular formula is C19H23N3O3. The van der Waals surface area contributed by atoms with Gasteiger partial charge in [-0.25, -0.2) is 9.97 Å². The van der Waals surface area contributed by atoms with Crippen LogP contribution < -0.4 is 4.74 Å². The molecule has 1 aliphatic heterocycles. The number of nitrogens with zero attached hydrogens (tertiary/aromatic N) is 3. The maximum absolute atomic E-state index is 12.3. The van der Waals surface area contributed by atoms with Crippen LogP contribution in [0.5, 0.6) is 5.75 Å². The molecule has 0 fully saturated rings. The number of hydrogen-bond donors (Lipinski definition) is 1. The minimum atomic E-state index is -0.971. The molecule has 25 heavy (non-hydrogen) atoms. The van der Waals surface area contributed by atoms with Crippen molar-refractivity contribution in [3.8, 4) is 5.75 Å². The lowest BCUT2D eigenvalue weighted by Crippen LogP contribution is -2.38. The average Bonchev–Trinajstić information content (AvgIpc) is 3.04. The summed E-state index contributed by atoms with van der Waals surface area (Å²) >= 11 is 0. The summed E-state index contributed by atoms with van der Waals surface area (Å²) < 4.78 is 5.16. The summed E-state index contributed by atoms with van der Waals surface area (Å²) in [4.78, 5) is 23.0. The molecule has 6 nitrogen and oxygen atoms in total. The van der Waals surface area contributed by atoms with Crippen molar-refractivity contribution in [2.45, 2.75) is 39.5 Å². The van der Waals surface area contributed by atoms with E-state index in [0.29, 0.717) is 19.5 Å². The molecule has 1 atom stereocenters. The number of benzene rings is 1. The molecule has 1 aliphatic rings. The number of amides is 1. The van der Waals surface area contributed by atoms with Crippen LogP contribution in [0, 0.1) is 5.92 Å². The first-order chi connectivity index (χ1) is 12.0. The maximum atomic E-state index is 12.3. The molecule has 1 aromatic heterocycles. The van der Waals surface area contributed by atoms with Crippen molar-refractivity contribution in [3.63, 3.8) is 0 Å². The molecule has 6 heteroatoms. The van der Waals surface area contributed by atoms with Crippen LogP contribution in [0.3, 0.4) is 0 Å². The molecule has 0 spiro atoms. The highest BCUT2D eigenvalue weighted by Crippen LogP contribution is 2.23. The van der Waals surface area contributed by atoms with Gasteiger partial charge in [0, 0.05) is 24.7 Å². The number of aromatic nitrogens is 2. The van der Waals surface area contributed by atoms with Gasteiger partial charge in [-0.05, 0) is 23.6 Å². The Labute approximate surface area is 147 Å². The molecule has 0 saturated heterocycles. The van der Waals surface area contributed by atoms with Gasteiger partial charge in [0.15, 0.2) is 0 Å². The average molecular weight is 341 g/mol. The van der Waals surface area contributed by atoms with Crippen LogP contribution in [-0.4, -0.2) is 39.1 Å². The van der Waals surface area contributed by atoms with Gasteiger partial charge in [-0.3, -0.25) is 4.79 Å². The molecule has 1 aromatic carbocycles. The van der Waals surface area contributed by atoms with E-state index in [1.807, 2.05) is 38.1 Å². The van der Waals surface area contributed by atoms with Crippen LogP contribution >= 0.6 is 0 Å². The van der Waals surface area contributed by atoms with E-state index in [1.54, 1.807) is 18.2 Å². The summed E-state index contributed by atoms with van der Waals surface area (Å²) in [7, 11) is 1.64. The zero-order chi connectivity index (χ0) is 18.0. The number of rotatable bonds is 5. The number of aliphatic hydroxyl groups is 1. The molecule has 1 amide bonds. The summed E-state index contributed by atoms with van der Waals surface area (Å²) in [5.74, 6) is 1.19. The molecule has 132 valence electrons. The molecule has 0 aliphatic carbocycles. The van der Waals surface area contributed by atoms with E-state index in [4.69, 9.17) is 4.74 Å². The highest BCUT2D eigenvalue weighted by Gasteiger charge is 2.30. The second-order valence-corrected chi connectivity index (χ2v) is 6.67. The van der Waals surface area contributed by atoms with Crippen molar-refractivity contribution in [1.29, 1.82) is 0 Å². The van der Waals surface area contributed by atoms with Crippen LogP contribution in [0.1, 0.15) is 36.5 Å². The number of hydrogen-bond acceptors (Lipinski definition) is 5.